The summed E-state index contributed by atoms with van der Waals surface area (Å²) < 4.78 is 4.83. The third kappa shape index (κ3) is 5.70. The van der Waals surface area contributed by atoms with E-state index >= 15 is 0 Å². The van der Waals surface area contributed by atoms with Crippen molar-refractivity contribution in [3.63, 3.8) is 0 Å². The first kappa shape index (κ1) is 16.9. The van der Waals surface area contributed by atoms with Gasteiger partial charge in [-0.3, -0.25) is 9.59 Å². The Morgan fingerprint density at radius 3 is 2.04 bits per heavy atom. The summed E-state index contributed by atoms with van der Waals surface area (Å²) >= 11 is 0. The predicted molar refractivity (Wildman–Crippen MR) is 90.5 cm³/mol. The van der Waals surface area contributed by atoms with Crippen LogP contribution < -0.4 is 0 Å². The van der Waals surface area contributed by atoms with E-state index in [1.165, 1.54) is 11.1 Å². The number of ether oxygens (including phenoxy) is 1. The Bertz CT molecular complexity index is 630. The molecule has 0 radical (unpaired) electrons. The number of ketones is 1. The lowest BCUT2D eigenvalue weighted by Crippen LogP contribution is -2.08. The molecule has 0 heterocycles. The van der Waals surface area contributed by atoms with Crippen molar-refractivity contribution in [3.05, 3.63) is 71.3 Å². The van der Waals surface area contributed by atoms with Crippen LogP contribution in [0.15, 0.2) is 54.6 Å². The van der Waals surface area contributed by atoms with Crippen molar-refractivity contribution >= 4 is 11.8 Å². The molecule has 0 aliphatic rings. The van der Waals surface area contributed by atoms with E-state index in [9.17, 15) is 9.59 Å². The van der Waals surface area contributed by atoms with Gasteiger partial charge in [-0.25, -0.2) is 0 Å². The lowest BCUT2D eigenvalue weighted by atomic mass is 10.0. The van der Waals surface area contributed by atoms with Gasteiger partial charge in [0.1, 0.15) is 0 Å². The fourth-order valence-corrected chi connectivity index (χ4v) is 2.38. The maximum atomic E-state index is 12.0. The highest BCUT2D eigenvalue weighted by atomic mass is 16.5. The summed E-state index contributed by atoms with van der Waals surface area (Å²) in [6.07, 6.45) is 2.27. The number of carbonyl (C=O) groups excluding carboxylic acids is 2. The summed E-state index contributed by atoms with van der Waals surface area (Å²) in [5.74, 6) is -0.340. The summed E-state index contributed by atoms with van der Waals surface area (Å²) in [7, 11) is 0. The highest BCUT2D eigenvalue weighted by Gasteiger charge is 2.09. The number of rotatable bonds is 8. The van der Waals surface area contributed by atoms with Crippen LogP contribution in [0, 0.1) is 0 Å². The standard InChI is InChI=1S/C20H22O3/c1-2-23-20(22)15-14-19(21)18-12-10-17(11-13-18)9-8-16-6-4-3-5-7-16/h3-7,10-13H,2,8-9,14-15H2,1H3. The van der Waals surface area contributed by atoms with Crippen molar-refractivity contribution in [2.75, 3.05) is 6.61 Å². The molecule has 0 unspecified atom stereocenters. The van der Waals surface area contributed by atoms with Gasteiger partial charge in [0.25, 0.3) is 0 Å². The lowest BCUT2D eigenvalue weighted by Gasteiger charge is -2.05. The Balaban J connectivity index is 1.84. The van der Waals surface area contributed by atoms with Crippen molar-refractivity contribution in [3.8, 4) is 0 Å². The third-order valence-electron chi connectivity index (χ3n) is 3.68. The molecule has 0 N–H and O–H groups in total. The number of benzene rings is 2. The van der Waals surface area contributed by atoms with Crippen LogP contribution in [0.4, 0.5) is 0 Å². The molecule has 0 saturated heterocycles. The van der Waals surface area contributed by atoms with Crippen molar-refractivity contribution in [2.24, 2.45) is 0 Å². The average molecular weight is 310 g/mol. The molecule has 0 atom stereocenters. The number of hydrogen-bond acceptors (Lipinski definition) is 3. The molecule has 23 heavy (non-hydrogen) atoms. The fraction of sp³-hybridized carbons (Fsp3) is 0.300. The largest absolute Gasteiger partial charge is 0.466 e. The van der Waals surface area contributed by atoms with Gasteiger partial charge in [0, 0.05) is 12.0 Å². The minimum Gasteiger partial charge on any atom is -0.466 e. The summed E-state index contributed by atoms with van der Waals surface area (Å²) in [5.41, 5.74) is 3.16. The van der Waals surface area contributed by atoms with E-state index in [4.69, 9.17) is 4.74 Å². The molecule has 0 aliphatic heterocycles. The normalized spacial score (nSPS) is 10.3. The number of aryl methyl sites for hydroxylation is 2. The molecular formula is C20H22O3. The van der Waals surface area contributed by atoms with E-state index in [2.05, 4.69) is 12.1 Å². The van der Waals surface area contributed by atoms with E-state index in [0.29, 0.717) is 12.2 Å². The third-order valence-corrected chi connectivity index (χ3v) is 3.68. The summed E-state index contributed by atoms with van der Waals surface area (Å²) in [6, 6.07) is 18.0. The van der Waals surface area contributed by atoms with Crippen LogP contribution in [0.5, 0.6) is 0 Å². The minimum absolute atomic E-state index is 0.0207. The molecule has 0 fully saturated rings. The van der Waals surface area contributed by atoms with Gasteiger partial charge in [-0.1, -0.05) is 54.6 Å². The van der Waals surface area contributed by atoms with Crippen LogP contribution in [-0.2, 0) is 22.4 Å². The van der Waals surface area contributed by atoms with Crippen LogP contribution in [0.25, 0.3) is 0 Å². The van der Waals surface area contributed by atoms with Gasteiger partial charge in [0.2, 0.25) is 0 Å². The zero-order valence-corrected chi connectivity index (χ0v) is 13.5. The maximum absolute atomic E-state index is 12.0. The molecule has 120 valence electrons. The Hall–Kier alpha value is -2.42. The van der Waals surface area contributed by atoms with Crippen molar-refractivity contribution < 1.29 is 14.3 Å². The smallest absolute Gasteiger partial charge is 0.306 e. The highest BCUT2D eigenvalue weighted by Crippen LogP contribution is 2.11. The van der Waals surface area contributed by atoms with Gasteiger partial charge >= 0.3 is 5.97 Å². The van der Waals surface area contributed by atoms with Gasteiger partial charge in [0.15, 0.2) is 5.78 Å². The summed E-state index contributed by atoms with van der Waals surface area (Å²) in [6.45, 7) is 2.11. The first-order valence-corrected chi connectivity index (χ1v) is 8.00. The molecule has 3 nitrogen and oxygen atoms in total. The molecule has 2 aromatic carbocycles. The molecule has 0 bridgehead atoms. The number of hydrogen-bond donors (Lipinski definition) is 0. The Kier molecular flexibility index (Phi) is 6.55. The van der Waals surface area contributed by atoms with Crippen molar-refractivity contribution in [2.45, 2.75) is 32.6 Å². The van der Waals surface area contributed by atoms with Gasteiger partial charge in [-0.2, -0.15) is 0 Å². The molecule has 0 spiro atoms. The maximum Gasteiger partial charge on any atom is 0.306 e. The molecule has 2 aromatic rings. The molecule has 0 aliphatic carbocycles. The van der Waals surface area contributed by atoms with E-state index in [1.54, 1.807) is 6.92 Å². The lowest BCUT2D eigenvalue weighted by molar-refractivity contribution is -0.143. The fourth-order valence-electron chi connectivity index (χ4n) is 2.38. The summed E-state index contributed by atoms with van der Waals surface area (Å²) in [4.78, 5) is 23.3. The van der Waals surface area contributed by atoms with Crippen molar-refractivity contribution in [1.82, 2.24) is 0 Å². The number of carbonyl (C=O) groups is 2. The second-order valence-electron chi connectivity index (χ2n) is 5.41. The number of Topliss-reactive ketones (excluding diaryl/α,β-unsaturated/α-hetero) is 1. The first-order chi connectivity index (χ1) is 11.2. The molecule has 0 saturated carbocycles. The van der Waals surface area contributed by atoms with Crippen molar-refractivity contribution in [1.29, 1.82) is 0 Å². The molecule has 0 aromatic heterocycles. The Morgan fingerprint density at radius 2 is 1.43 bits per heavy atom. The van der Waals surface area contributed by atoms with E-state index in [-0.39, 0.29) is 24.6 Å². The minimum atomic E-state index is -0.319. The zero-order valence-electron chi connectivity index (χ0n) is 13.5. The Morgan fingerprint density at radius 1 is 0.826 bits per heavy atom. The molecule has 3 heteroatoms. The van der Waals surface area contributed by atoms with Gasteiger partial charge in [-0.15, -0.1) is 0 Å². The van der Waals surface area contributed by atoms with Gasteiger partial charge < -0.3 is 4.74 Å². The molecule has 2 rings (SSSR count). The number of esters is 1. The average Bonchev–Trinajstić information content (AvgIpc) is 2.59. The van der Waals surface area contributed by atoms with Crippen LogP contribution >= 0.6 is 0 Å². The zero-order chi connectivity index (χ0) is 16.5. The van der Waals surface area contributed by atoms with Gasteiger partial charge in [0.05, 0.1) is 13.0 Å². The molecular weight excluding hydrogens is 288 g/mol. The van der Waals surface area contributed by atoms with Crippen LogP contribution in [0.1, 0.15) is 41.3 Å². The second kappa shape index (κ2) is 8.89. The topological polar surface area (TPSA) is 43.4 Å². The Labute approximate surface area is 137 Å². The predicted octanol–water partition coefficient (Wildman–Crippen LogP) is 4.00. The monoisotopic (exact) mass is 310 g/mol. The van der Waals surface area contributed by atoms with E-state index in [1.807, 2.05) is 42.5 Å². The van der Waals surface area contributed by atoms with E-state index < -0.39 is 0 Å². The van der Waals surface area contributed by atoms with Gasteiger partial charge in [-0.05, 0) is 30.9 Å². The quantitative estimate of drug-likeness (QED) is 0.547. The highest BCUT2D eigenvalue weighted by molar-refractivity contribution is 5.97. The van der Waals surface area contributed by atoms with Crippen LogP contribution in [0.2, 0.25) is 0 Å². The second-order valence-corrected chi connectivity index (χ2v) is 5.41. The van der Waals surface area contributed by atoms with Crippen LogP contribution in [-0.4, -0.2) is 18.4 Å². The van der Waals surface area contributed by atoms with E-state index in [0.717, 1.165) is 12.8 Å². The first-order valence-electron chi connectivity index (χ1n) is 8.00. The molecule has 0 amide bonds. The summed E-state index contributed by atoms with van der Waals surface area (Å²) in [5, 5.41) is 0. The van der Waals surface area contributed by atoms with Crippen LogP contribution in [0.3, 0.4) is 0 Å². The SMILES string of the molecule is CCOC(=O)CCC(=O)c1ccc(CCc2ccccc2)cc1.